The molecule has 134 valence electrons. The predicted molar refractivity (Wildman–Crippen MR) is 95.3 cm³/mol. The van der Waals surface area contributed by atoms with E-state index < -0.39 is 23.6 Å². The molecule has 2 aromatic carbocycles. The molecule has 0 spiro atoms. The first-order valence-electron chi connectivity index (χ1n) is 8.05. The van der Waals surface area contributed by atoms with E-state index in [0.29, 0.717) is 17.9 Å². The van der Waals surface area contributed by atoms with Gasteiger partial charge in [0.1, 0.15) is 5.75 Å². The zero-order chi connectivity index (χ0) is 18.7. The lowest BCUT2D eigenvalue weighted by molar-refractivity contribution is -0.149. The van der Waals surface area contributed by atoms with Crippen molar-refractivity contribution in [1.82, 2.24) is 0 Å². The van der Waals surface area contributed by atoms with Crippen molar-refractivity contribution >= 4 is 34.9 Å². The number of amides is 1. The molecule has 1 atom stereocenters. The number of aryl methyl sites for hydroxylation is 1. The molecule has 1 amide bonds. The Labute approximate surface area is 154 Å². The second kappa shape index (κ2) is 7.58. The van der Waals surface area contributed by atoms with Crippen LogP contribution < -0.4 is 5.32 Å². The summed E-state index contributed by atoms with van der Waals surface area (Å²) in [6, 6.07) is 11.3. The standard InChI is InChI=1S/C19H16ClNO5/c20-12-7-8-13-14(10-12)21-18(24)16(17(13)23)19(25)26-9-3-5-11-4-1-2-6-15(11)22/h1-2,4,6-8,10,16,22H,3,5,9H2,(H,21,24). The molecule has 6 nitrogen and oxygen atoms in total. The lowest BCUT2D eigenvalue weighted by Gasteiger charge is -2.22. The Morgan fingerprint density at radius 3 is 2.73 bits per heavy atom. The molecule has 0 saturated heterocycles. The van der Waals surface area contributed by atoms with Crippen LogP contribution in [0, 0.1) is 5.92 Å². The van der Waals surface area contributed by atoms with Crippen LogP contribution in [0.25, 0.3) is 0 Å². The summed E-state index contributed by atoms with van der Waals surface area (Å²) in [5.41, 5.74) is 1.25. The van der Waals surface area contributed by atoms with Gasteiger partial charge >= 0.3 is 5.97 Å². The van der Waals surface area contributed by atoms with Crippen molar-refractivity contribution in [2.45, 2.75) is 12.8 Å². The average Bonchev–Trinajstić information content (AvgIpc) is 2.59. The predicted octanol–water partition coefficient (Wildman–Crippen LogP) is 2.97. The van der Waals surface area contributed by atoms with Crippen LogP contribution in [0.3, 0.4) is 0 Å². The molecule has 1 aliphatic heterocycles. The van der Waals surface area contributed by atoms with E-state index in [1.54, 1.807) is 24.3 Å². The van der Waals surface area contributed by atoms with E-state index in [4.69, 9.17) is 16.3 Å². The van der Waals surface area contributed by atoms with E-state index in [1.165, 1.54) is 18.2 Å². The number of nitrogens with one attached hydrogen (secondary N) is 1. The van der Waals surface area contributed by atoms with Gasteiger partial charge in [-0.15, -0.1) is 0 Å². The first-order valence-corrected chi connectivity index (χ1v) is 8.43. The number of phenols is 1. The molecule has 2 aromatic rings. The Kier molecular flexibility index (Phi) is 5.23. The minimum absolute atomic E-state index is 0.0394. The maximum absolute atomic E-state index is 12.4. The lowest BCUT2D eigenvalue weighted by Crippen LogP contribution is -2.41. The number of fused-ring (bicyclic) bond motifs is 1. The first kappa shape index (κ1) is 17.9. The van der Waals surface area contributed by atoms with Gasteiger partial charge in [-0.1, -0.05) is 29.8 Å². The van der Waals surface area contributed by atoms with Crippen LogP contribution in [-0.4, -0.2) is 29.4 Å². The number of hydrogen-bond acceptors (Lipinski definition) is 5. The third-order valence-corrected chi connectivity index (χ3v) is 4.33. The van der Waals surface area contributed by atoms with Gasteiger partial charge in [0.15, 0.2) is 11.7 Å². The SMILES string of the molecule is O=C1Nc2cc(Cl)ccc2C(=O)C1C(=O)OCCCc1ccccc1O. The van der Waals surface area contributed by atoms with Gasteiger partial charge < -0.3 is 15.2 Å². The number of anilines is 1. The maximum atomic E-state index is 12.4. The van der Waals surface area contributed by atoms with Gasteiger partial charge in [-0.25, -0.2) is 0 Å². The number of esters is 1. The highest BCUT2D eigenvalue weighted by molar-refractivity contribution is 6.33. The molecule has 3 rings (SSSR count). The summed E-state index contributed by atoms with van der Waals surface area (Å²) in [6.45, 7) is 0.0394. The van der Waals surface area contributed by atoms with Gasteiger partial charge in [-0.05, 0) is 42.7 Å². The highest BCUT2D eigenvalue weighted by Gasteiger charge is 2.40. The second-order valence-electron chi connectivity index (χ2n) is 5.88. The second-order valence-corrected chi connectivity index (χ2v) is 6.31. The average molecular weight is 374 g/mol. The molecule has 0 bridgehead atoms. The molecule has 0 fully saturated rings. The Balaban J connectivity index is 1.59. The number of rotatable bonds is 5. The fourth-order valence-corrected chi connectivity index (χ4v) is 2.94. The fraction of sp³-hybridized carbons (Fsp3) is 0.211. The van der Waals surface area contributed by atoms with Crippen LogP contribution in [0.1, 0.15) is 22.3 Å². The van der Waals surface area contributed by atoms with E-state index in [2.05, 4.69) is 5.32 Å². The number of hydrogen-bond donors (Lipinski definition) is 2. The number of phenolic OH excluding ortho intramolecular Hbond substituents is 1. The minimum atomic E-state index is -1.52. The molecule has 0 aromatic heterocycles. The summed E-state index contributed by atoms with van der Waals surface area (Å²) in [5, 5.41) is 12.6. The molecule has 1 aliphatic rings. The summed E-state index contributed by atoms with van der Waals surface area (Å²) < 4.78 is 5.09. The van der Waals surface area contributed by atoms with Gasteiger partial charge in [0.05, 0.1) is 12.3 Å². The molecule has 0 aliphatic carbocycles. The largest absolute Gasteiger partial charge is 0.508 e. The minimum Gasteiger partial charge on any atom is -0.508 e. The third-order valence-electron chi connectivity index (χ3n) is 4.09. The number of halogens is 1. The fourth-order valence-electron chi connectivity index (χ4n) is 2.77. The van der Waals surface area contributed by atoms with Crippen LogP contribution in [0.4, 0.5) is 5.69 Å². The van der Waals surface area contributed by atoms with E-state index in [1.807, 2.05) is 0 Å². The monoisotopic (exact) mass is 373 g/mol. The summed E-state index contributed by atoms with van der Waals surface area (Å²) >= 11 is 5.85. The number of carbonyl (C=O) groups excluding carboxylic acids is 3. The van der Waals surface area contributed by atoms with E-state index in [-0.39, 0.29) is 23.6 Å². The first-order chi connectivity index (χ1) is 12.5. The molecular weight excluding hydrogens is 358 g/mol. The quantitative estimate of drug-likeness (QED) is 0.477. The van der Waals surface area contributed by atoms with Gasteiger partial charge in [-0.3, -0.25) is 14.4 Å². The molecule has 2 N–H and O–H groups in total. The zero-order valence-corrected chi connectivity index (χ0v) is 14.5. The highest BCUT2D eigenvalue weighted by Crippen LogP contribution is 2.29. The van der Waals surface area contributed by atoms with Crippen LogP contribution in [-0.2, 0) is 20.7 Å². The van der Waals surface area contributed by atoms with Gasteiger partial charge in [0.25, 0.3) is 0 Å². The van der Waals surface area contributed by atoms with Crippen LogP contribution in [0.2, 0.25) is 5.02 Å². The summed E-state index contributed by atoms with van der Waals surface area (Å²) in [5.74, 6) is -3.56. The summed E-state index contributed by atoms with van der Waals surface area (Å²) in [7, 11) is 0. The molecule has 1 unspecified atom stereocenters. The van der Waals surface area contributed by atoms with Crippen molar-refractivity contribution < 1.29 is 24.2 Å². The topological polar surface area (TPSA) is 92.7 Å². The highest BCUT2D eigenvalue weighted by atomic mass is 35.5. The van der Waals surface area contributed by atoms with E-state index in [9.17, 15) is 19.5 Å². The Morgan fingerprint density at radius 1 is 1.19 bits per heavy atom. The normalized spacial score (nSPS) is 16.0. The van der Waals surface area contributed by atoms with Crippen LogP contribution in [0.15, 0.2) is 42.5 Å². The Hall–Kier alpha value is -2.86. The van der Waals surface area contributed by atoms with Gasteiger partial charge in [0.2, 0.25) is 5.91 Å². The summed E-state index contributed by atoms with van der Waals surface area (Å²) in [4.78, 5) is 36.7. The van der Waals surface area contributed by atoms with Crippen LogP contribution >= 0.6 is 11.6 Å². The number of aromatic hydroxyl groups is 1. The molecular formula is C19H16ClNO5. The number of para-hydroxylation sites is 1. The van der Waals surface area contributed by atoms with Crippen molar-refractivity contribution in [2.24, 2.45) is 5.92 Å². The maximum Gasteiger partial charge on any atom is 0.326 e. The number of ketones is 1. The van der Waals surface area contributed by atoms with Crippen molar-refractivity contribution in [2.75, 3.05) is 11.9 Å². The smallest absolute Gasteiger partial charge is 0.326 e. The third kappa shape index (κ3) is 3.70. The molecule has 1 heterocycles. The number of carbonyl (C=O) groups is 3. The van der Waals surface area contributed by atoms with E-state index >= 15 is 0 Å². The molecule has 26 heavy (non-hydrogen) atoms. The van der Waals surface area contributed by atoms with Crippen molar-refractivity contribution in [3.8, 4) is 5.75 Å². The number of ether oxygens (including phenoxy) is 1. The Morgan fingerprint density at radius 2 is 1.96 bits per heavy atom. The zero-order valence-electron chi connectivity index (χ0n) is 13.7. The summed E-state index contributed by atoms with van der Waals surface area (Å²) in [6.07, 6.45) is 0.962. The molecule has 0 radical (unpaired) electrons. The number of Topliss-reactive ketones (excluding diaryl/α,β-unsaturated/α-hetero) is 1. The van der Waals surface area contributed by atoms with Crippen molar-refractivity contribution in [3.05, 3.63) is 58.6 Å². The van der Waals surface area contributed by atoms with Crippen LogP contribution in [0.5, 0.6) is 5.75 Å². The lowest BCUT2D eigenvalue weighted by atomic mass is 9.92. The molecule has 0 saturated carbocycles. The van der Waals surface area contributed by atoms with E-state index in [0.717, 1.165) is 5.56 Å². The van der Waals surface area contributed by atoms with Crippen molar-refractivity contribution in [3.63, 3.8) is 0 Å². The number of benzene rings is 2. The van der Waals surface area contributed by atoms with Crippen molar-refractivity contribution in [1.29, 1.82) is 0 Å². The van der Waals surface area contributed by atoms with Gasteiger partial charge in [0, 0.05) is 10.6 Å². The Bertz CT molecular complexity index is 880. The van der Waals surface area contributed by atoms with Gasteiger partial charge in [-0.2, -0.15) is 0 Å². The molecule has 7 heteroatoms.